The van der Waals surface area contributed by atoms with Crippen LogP contribution in [0.15, 0.2) is 30.3 Å². The van der Waals surface area contributed by atoms with Gasteiger partial charge in [0.1, 0.15) is 5.82 Å². The summed E-state index contributed by atoms with van der Waals surface area (Å²) < 4.78 is 13.2. The molecule has 1 atom stereocenters. The van der Waals surface area contributed by atoms with E-state index in [1.54, 1.807) is 18.2 Å². The number of carbonyl (C=O) groups excluding carboxylic acids is 1. The van der Waals surface area contributed by atoms with Crippen LogP contribution in [0, 0.1) is 5.82 Å². The van der Waals surface area contributed by atoms with Gasteiger partial charge < -0.3 is 10.4 Å². The molecule has 1 aromatic rings. The molecule has 0 spiro atoms. The number of hydrogen-bond acceptors (Lipinski definition) is 2. The summed E-state index contributed by atoms with van der Waals surface area (Å²) >= 11 is 0. The third-order valence-corrected chi connectivity index (χ3v) is 2.38. The molecule has 0 fully saturated rings. The van der Waals surface area contributed by atoms with E-state index in [4.69, 9.17) is 5.11 Å². The minimum absolute atomic E-state index is 0.101. The van der Waals surface area contributed by atoms with Gasteiger partial charge in [-0.1, -0.05) is 25.1 Å². The number of hydrogen-bond donors (Lipinski definition) is 2. The Balaban J connectivity index is 2.60. The first-order valence-electron chi connectivity index (χ1n) is 5.51. The summed E-state index contributed by atoms with van der Waals surface area (Å²) in [5.41, 5.74) is 0.361. The van der Waals surface area contributed by atoms with E-state index in [-0.39, 0.29) is 24.4 Å². The number of benzene rings is 1. The van der Waals surface area contributed by atoms with E-state index in [0.717, 1.165) is 0 Å². The predicted molar refractivity (Wildman–Crippen MR) is 64.7 cm³/mol. The molecule has 0 aromatic heterocycles. The molecule has 0 aliphatic rings. The zero-order valence-corrected chi connectivity index (χ0v) is 9.69. The van der Waals surface area contributed by atoms with Crippen LogP contribution in [-0.4, -0.2) is 23.7 Å². The van der Waals surface area contributed by atoms with Crippen LogP contribution in [0.4, 0.5) is 4.39 Å². The second-order valence-electron chi connectivity index (χ2n) is 3.65. The van der Waals surface area contributed by atoms with E-state index < -0.39 is 0 Å². The third kappa shape index (κ3) is 4.36. The molecule has 0 aliphatic carbocycles. The third-order valence-electron chi connectivity index (χ3n) is 2.38. The van der Waals surface area contributed by atoms with Crippen molar-refractivity contribution in [2.24, 2.45) is 0 Å². The molecule has 1 amide bonds. The molecule has 3 nitrogen and oxygen atoms in total. The number of nitrogens with one attached hydrogen (secondary N) is 1. The van der Waals surface area contributed by atoms with Crippen LogP contribution in [0.25, 0.3) is 6.08 Å². The first-order valence-corrected chi connectivity index (χ1v) is 5.51. The average molecular weight is 237 g/mol. The summed E-state index contributed by atoms with van der Waals surface area (Å²) in [6, 6.07) is 5.95. The molecule has 17 heavy (non-hydrogen) atoms. The highest BCUT2D eigenvalue weighted by Gasteiger charge is 2.06. The number of halogens is 1. The Hall–Kier alpha value is -1.68. The Morgan fingerprint density at radius 1 is 1.53 bits per heavy atom. The fourth-order valence-corrected chi connectivity index (χ4v) is 1.30. The molecular weight excluding hydrogens is 221 g/mol. The van der Waals surface area contributed by atoms with Gasteiger partial charge in [-0.25, -0.2) is 4.39 Å². The molecule has 0 radical (unpaired) electrons. The first-order chi connectivity index (χ1) is 8.17. The minimum Gasteiger partial charge on any atom is -0.394 e. The van der Waals surface area contributed by atoms with Crippen molar-refractivity contribution in [1.29, 1.82) is 0 Å². The minimum atomic E-state index is -0.370. The summed E-state index contributed by atoms with van der Waals surface area (Å²) in [5, 5.41) is 11.5. The lowest BCUT2D eigenvalue weighted by Gasteiger charge is -2.11. The smallest absolute Gasteiger partial charge is 0.244 e. The Morgan fingerprint density at radius 3 is 2.82 bits per heavy atom. The van der Waals surface area contributed by atoms with Crippen molar-refractivity contribution in [2.75, 3.05) is 6.61 Å². The number of rotatable bonds is 5. The van der Waals surface area contributed by atoms with Crippen molar-refractivity contribution in [2.45, 2.75) is 19.4 Å². The van der Waals surface area contributed by atoms with Crippen molar-refractivity contribution < 1.29 is 14.3 Å². The molecule has 0 bridgehead atoms. The maximum absolute atomic E-state index is 13.2. The quantitative estimate of drug-likeness (QED) is 0.766. The molecule has 1 rings (SSSR count). The Kier molecular flexibility index (Phi) is 5.36. The van der Waals surface area contributed by atoms with E-state index in [1.165, 1.54) is 18.2 Å². The molecule has 0 saturated carbocycles. The van der Waals surface area contributed by atoms with Crippen LogP contribution >= 0.6 is 0 Å². The van der Waals surface area contributed by atoms with E-state index in [2.05, 4.69) is 5.32 Å². The lowest BCUT2D eigenvalue weighted by molar-refractivity contribution is -0.117. The van der Waals surface area contributed by atoms with Crippen LogP contribution in [0.1, 0.15) is 18.9 Å². The lowest BCUT2D eigenvalue weighted by atomic mass is 10.2. The van der Waals surface area contributed by atoms with Gasteiger partial charge in [-0.2, -0.15) is 0 Å². The molecule has 0 aliphatic heterocycles. The Bertz CT molecular complexity index is 400. The summed E-state index contributed by atoms with van der Waals surface area (Å²) in [4.78, 5) is 11.4. The maximum atomic E-state index is 13.2. The average Bonchev–Trinajstić information content (AvgIpc) is 2.35. The van der Waals surface area contributed by atoms with Crippen molar-refractivity contribution in [3.8, 4) is 0 Å². The van der Waals surface area contributed by atoms with Gasteiger partial charge in [-0.15, -0.1) is 0 Å². The van der Waals surface area contributed by atoms with Gasteiger partial charge >= 0.3 is 0 Å². The largest absolute Gasteiger partial charge is 0.394 e. The number of amides is 1. The van der Waals surface area contributed by atoms with E-state index in [9.17, 15) is 9.18 Å². The number of aliphatic hydroxyl groups is 1. The van der Waals surface area contributed by atoms with Crippen LogP contribution in [-0.2, 0) is 4.79 Å². The molecule has 1 unspecified atom stereocenters. The van der Waals surface area contributed by atoms with E-state index in [1.807, 2.05) is 6.92 Å². The highest BCUT2D eigenvalue weighted by molar-refractivity contribution is 5.91. The second-order valence-corrected chi connectivity index (χ2v) is 3.65. The maximum Gasteiger partial charge on any atom is 0.244 e. The van der Waals surface area contributed by atoms with E-state index in [0.29, 0.717) is 12.0 Å². The van der Waals surface area contributed by atoms with Gasteiger partial charge in [0, 0.05) is 11.6 Å². The number of carbonyl (C=O) groups is 1. The van der Waals surface area contributed by atoms with Gasteiger partial charge in [-0.3, -0.25) is 4.79 Å². The van der Waals surface area contributed by atoms with Gasteiger partial charge in [0.15, 0.2) is 0 Å². The van der Waals surface area contributed by atoms with Crippen molar-refractivity contribution in [1.82, 2.24) is 5.32 Å². The van der Waals surface area contributed by atoms with Crippen LogP contribution in [0.2, 0.25) is 0 Å². The molecule has 1 aromatic carbocycles. The first kappa shape index (κ1) is 13.4. The highest BCUT2D eigenvalue weighted by atomic mass is 19.1. The fraction of sp³-hybridized carbons (Fsp3) is 0.308. The highest BCUT2D eigenvalue weighted by Crippen LogP contribution is 2.07. The Morgan fingerprint density at radius 2 is 2.24 bits per heavy atom. The lowest BCUT2D eigenvalue weighted by Crippen LogP contribution is -2.35. The van der Waals surface area contributed by atoms with Crippen LogP contribution < -0.4 is 5.32 Å². The SMILES string of the molecule is CCC(CO)NC(=O)/C=C/c1ccccc1F. The molecule has 92 valence electrons. The van der Waals surface area contributed by atoms with Gasteiger partial charge in [0.2, 0.25) is 5.91 Å². The van der Waals surface area contributed by atoms with Crippen molar-refractivity contribution in [3.05, 3.63) is 41.7 Å². The number of aliphatic hydroxyl groups excluding tert-OH is 1. The van der Waals surface area contributed by atoms with Gasteiger partial charge in [0.05, 0.1) is 12.6 Å². The summed E-state index contributed by atoms with van der Waals surface area (Å²) in [6.45, 7) is 1.76. The Labute approximate surface area is 100.0 Å². The molecule has 0 heterocycles. The molecule has 4 heteroatoms. The summed E-state index contributed by atoms with van der Waals surface area (Å²) in [5.74, 6) is -0.708. The van der Waals surface area contributed by atoms with Crippen molar-refractivity contribution >= 4 is 12.0 Å². The normalized spacial score (nSPS) is 12.6. The fourth-order valence-electron chi connectivity index (χ4n) is 1.30. The standard InChI is InChI=1S/C13H16FNO2/c1-2-11(9-16)15-13(17)8-7-10-5-3-4-6-12(10)14/h3-8,11,16H,2,9H2,1H3,(H,15,17)/b8-7+. The summed E-state index contributed by atoms with van der Waals surface area (Å²) in [7, 11) is 0. The second kappa shape index (κ2) is 6.81. The molecular formula is C13H16FNO2. The zero-order chi connectivity index (χ0) is 12.7. The van der Waals surface area contributed by atoms with Crippen LogP contribution in [0.3, 0.4) is 0 Å². The van der Waals surface area contributed by atoms with Gasteiger partial charge in [-0.05, 0) is 18.6 Å². The van der Waals surface area contributed by atoms with Crippen molar-refractivity contribution in [3.63, 3.8) is 0 Å². The predicted octanol–water partition coefficient (Wildman–Crippen LogP) is 1.73. The van der Waals surface area contributed by atoms with E-state index >= 15 is 0 Å². The monoisotopic (exact) mass is 237 g/mol. The topological polar surface area (TPSA) is 49.3 Å². The zero-order valence-electron chi connectivity index (χ0n) is 9.69. The molecule has 0 saturated heterocycles. The molecule has 2 N–H and O–H groups in total. The van der Waals surface area contributed by atoms with Gasteiger partial charge in [0.25, 0.3) is 0 Å². The summed E-state index contributed by atoms with van der Waals surface area (Å²) in [6.07, 6.45) is 3.32. The van der Waals surface area contributed by atoms with Crippen LogP contribution in [0.5, 0.6) is 0 Å².